The van der Waals surface area contributed by atoms with E-state index in [1.807, 2.05) is 41.8 Å². The number of hydrogen-bond donors (Lipinski definition) is 1. The van der Waals surface area contributed by atoms with Crippen LogP contribution in [0.15, 0.2) is 18.2 Å². The molecule has 1 aromatic rings. The van der Waals surface area contributed by atoms with E-state index in [2.05, 4.69) is 0 Å². The van der Waals surface area contributed by atoms with Gasteiger partial charge >= 0.3 is 7.05 Å². The summed E-state index contributed by atoms with van der Waals surface area (Å²) < 4.78 is 0. The number of amides is 1. The summed E-state index contributed by atoms with van der Waals surface area (Å²) in [4.78, 5) is 17.1. The molecule has 0 atom stereocenters. The van der Waals surface area contributed by atoms with Crippen LogP contribution in [0.1, 0.15) is 32.3 Å². The molecule has 1 N–H and O–H groups in total. The summed E-state index contributed by atoms with van der Waals surface area (Å²) in [5.41, 5.74) is 1.58. The van der Waals surface area contributed by atoms with Gasteiger partial charge in [0.1, 0.15) is 0 Å². The first-order valence-corrected chi connectivity index (χ1v) is 8.30. The summed E-state index contributed by atoms with van der Waals surface area (Å²) >= 11 is 6.20. The van der Waals surface area contributed by atoms with Crippen LogP contribution in [0.4, 0.5) is 5.69 Å². The monoisotopic (exact) mass is 320 g/mol. The summed E-state index contributed by atoms with van der Waals surface area (Å²) in [7, 11) is -0.464. The molecule has 22 heavy (non-hydrogen) atoms. The van der Waals surface area contributed by atoms with Crippen molar-refractivity contribution in [2.24, 2.45) is 0 Å². The van der Waals surface area contributed by atoms with E-state index in [-0.39, 0.29) is 11.9 Å². The van der Waals surface area contributed by atoms with Crippen molar-refractivity contribution in [3.8, 4) is 0 Å². The van der Waals surface area contributed by atoms with E-state index in [1.54, 1.807) is 6.82 Å². The van der Waals surface area contributed by atoms with Crippen molar-refractivity contribution in [1.82, 2.24) is 4.81 Å². The van der Waals surface area contributed by atoms with Crippen LogP contribution in [0.3, 0.4) is 0 Å². The lowest BCUT2D eigenvalue weighted by molar-refractivity contribution is -0.124. The zero-order valence-electron chi connectivity index (χ0n) is 13.3. The van der Waals surface area contributed by atoms with Gasteiger partial charge in [0.15, 0.2) is 0 Å². The highest BCUT2D eigenvalue weighted by Crippen LogP contribution is 2.49. The van der Waals surface area contributed by atoms with Crippen LogP contribution in [0.5, 0.6) is 0 Å². The molecule has 1 spiro atoms. The molecule has 1 aromatic carbocycles. The fraction of sp³-hybridized carbons (Fsp3) is 0.562. The number of carbonyl (C=O) groups is 1. The highest BCUT2D eigenvalue weighted by atomic mass is 35.5. The molecule has 0 aliphatic carbocycles. The maximum Gasteiger partial charge on any atom is 0.376 e. The topological polar surface area (TPSA) is 43.8 Å². The predicted octanol–water partition coefficient (Wildman–Crippen LogP) is 2.54. The first kappa shape index (κ1) is 15.8. The fourth-order valence-electron chi connectivity index (χ4n) is 3.83. The summed E-state index contributed by atoms with van der Waals surface area (Å²) in [6, 6.07) is 5.90. The normalized spacial score (nSPS) is 20.8. The molecule has 0 aromatic heterocycles. The average molecular weight is 321 g/mol. The van der Waals surface area contributed by atoms with E-state index in [0.29, 0.717) is 5.02 Å². The Balaban J connectivity index is 2.03. The Morgan fingerprint density at radius 1 is 1.32 bits per heavy atom. The van der Waals surface area contributed by atoms with Gasteiger partial charge in [-0.15, -0.1) is 0 Å². The van der Waals surface area contributed by atoms with Crippen LogP contribution in [0.2, 0.25) is 11.8 Å². The second kappa shape index (κ2) is 5.55. The number of hydrogen-bond acceptors (Lipinski definition) is 3. The Bertz CT molecular complexity index is 598. The number of halogens is 1. The van der Waals surface area contributed by atoms with Crippen LogP contribution in [0.25, 0.3) is 0 Å². The third kappa shape index (κ3) is 2.27. The molecule has 1 fully saturated rings. The molecule has 0 unspecified atom stereocenters. The van der Waals surface area contributed by atoms with Crippen molar-refractivity contribution in [2.75, 3.05) is 18.0 Å². The van der Waals surface area contributed by atoms with Gasteiger partial charge < -0.3 is 14.7 Å². The standard InChI is InChI=1S/C16H22BClN2O2/c1-11(2)20-14-5-4-12(18)10-13(14)16(15(20)21)6-8-19(9-7-16)17(3)22/h4-5,10-11,22H,6-9H2,1-3H3. The van der Waals surface area contributed by atoms with Crippen molar-refractivity contribution in [1.29, 1.82) is 0 Å². The lowest BCUT2D eigenvalue weighted by atomic mass is 9.70. The van der Waals surface area contributed by atoms with E-state index in [1.165, 1.54) is 0 Å². The van der Waals surface area contributed by atoms with Crippen LogP contribution >= 0.6 is 11.6 Å². The van der Waals surface area contributed by atoms with Gasteiger partial charge in [-0.1, -0.05) is 11.6 Å². The molecule has 4 nitrogen and oxygen atoms in total. The highest BCUT2D eigenvalue weighted by Gasteiger charge is 2.52. The lowest BCUT2D eigenvalue weighted by Crippen LogP contribution is -2.52. The van der Waals surface area contributed by atoms with Crippen LogP contribution in [-0.2, 0) is 10.2 Å². The third-order valence-electron chi connectivity index (χ3n) is 5.06. The van der Waals surface area contributed by atoms with E-state index >= 15 is 0 Å². The molecule has 0 saturated carbocycles. The molecule has 2 aliphatic heterocycles. The van der Waals surface area contributed by atoms with Gasteiger partial charge in [-0.3, -0.25) is 4.79 Å². The minimum atomic E-state index is -0.476. The van der Waals surface area contributed by atoms with Crippen LogP contribution in [-0.4, -0.2) is 41.9 Å². The van der Waals surface area contributed by atoms with Crippen molar-refractivity contribution in [3.05, 3.63) is 28.8 Å². The minimum absolute atomic E-state index is 0.126. The number of benzene rings is 1. The quantitative estimate of drug-likeness (QED) is 0.852. The molecule has 2 heterocycles. The first-order valence-electron chi connectivity index (χ1n) is 7.92. The second-order valence-corrected chi connectivity index (χ2v) is 7.12. The summed E-state index contributed by atoms with van der Waals surface area (Å²) in [5.74, 6) is 0.185. The maximum atomic E-state index is 13.2. The Labute approximate surface area is 137 Å². The van der Waals surface area contributed by atoms with Crippen molar-refractivity contribution in [2.45, 2.75) is 45.0 Å². The van der Waals surface area contributed by atoms with Gasteiger partial charge in [-0.05, 0) is 70.4 Å². The number of nitrogens with zero attached hydrogens (tertiary/aromatic N) is 2. The average Bonchev–Trinajstić information content (AvgIpc) is 2.69. The zero-order valence-corrected chi connectivity index (χ0v) is 14.1. The first-order chi connectivity index (χ1) is 10.4. The van der Waals surface area contributed by atoms with E-state index in [9.17, 15) is 9.82 Å². The van der Waals surface area contributed by atoms with Gasteiger partial charge in [0.05, 0.1) is 5.41 Å². The smallest absolute Gasteiger partial charge is 0.376 e. The van der Waals surface area contributed by atoms with Crippen LogP contribution < -0.4 is 4.90 Å². The largest absolute Gasteiger partial charge is 0.437 e. The molecule has 0 radical (unpaired) electrons. The van der Waals surface area contributed by atoms with Gasteiger partial charge in [-0.25, -0.2) is 0 Å². The molecule has 0 bridgehead atoms. The van der Waals surface area contributed by atoms with E-state index in [0.717, 1.165) is 37.2 Å². The van der Waals surface area contributed by atoms with Crippen molar-refractivity contribution < 1.29 is 9.82 Å². The van der Waals surface area contributed by atoms with Crippen molar-refractivity contribution in [3.63, 3.8) is 0 Å². The number of anilines is 1. The number of carbonyl (C=O) groups excluding carboxylic acids is 1. The van der Waals surface area contributed by atoms with Crippen molar-refractivity contribution >= 4 is 30.2 Å². The fourth-order valence-corrected chi connectivity index (χ4v) is 4.00. The number of piperidine rings is 1. The summed E-state index contributed by atoms with van der Waals surface area (Å²) in [6.07, 6.45) is 1.46. The molecular formula is C16H22BClN2O2. The van der Waals surface area contributed by atoms with Crippen LogP contribution in [0, 0.1) is 0 Å². The van der Waals surface area contributed by atoms with Gasteiger partial charge in [0.25, 0.3) is 0 Å². The highest BCUT2D eigenvalue weighted by molar-refractivity contribution is 6.45. The number of rotatable bonds is 2. The van der Waals surface area contributed by atoms with Gasteiger partial charge in [-0.2, -0.15) is 0 Å². The SMILES string of the molecule is CB(O)N1CCC2(CC1)C(=O)N(C(C)C)c1ccc(Cl)cc12. The minimum Gasteiger partial charge on any atom is -0.437 e. The third-order valence-corrected chi connectivity index (χ3v) is 5.29. The van der Waals surface area contributed by atoms with E-state index in [4.69, 9.17) is 11.6 Å². The lowest BCUT2D eigenvalue weighted by Gasteiger charge is -2.39. The molecular weight excluding hydrogens is 298 g/mol. The maximum absolute atomic E-state index is 13.2. The van der Waals surface area contributed by atoms with E-state index < -0.39 is 12.5 Å². The Morgan fingerprint density at radius 3 is 2.50 bits per heavy atom. The predicted molar refractivity (Wildman–Crippen MR) is 90.4 cm³/mol. The molecule has 118 valence electrons. The zero-order chi connectivity index (χ0) is 16.1. The number of fused-ring (bicyclic) bond motifs is 2. The second-order valence-electron chi connectivity index (χ2n) is 6.68. The van der Waals surface area contributed by atoms with Gasteiger partial charge in [0, 0.05) is 16.8 Å². The Kier molecular flexibility index (Phi) is 4.00. The Hall–Kier alpha value is -1.04. The summed E-state index contributed by atoms with van der Waals surface area (Å²) in [6.45, 7) is 7.31. The molecule has 1 saturated heterocycles. The van der Waals surface area contributed by atoms with Gasteiger partial charge in [0.2, 0.25) is 5.91 Å². The molecule has 3 rings (SSSR count). The Morgan fingerprint density at radius 2 is 1.95 bits per heavy atom. The molecule has 2 aliphatic rings. The molecule has 6 heteroatoms. The summed E-state index contributed by atoms with van der Waals surface area (Å²) in [5, 5.41) is 10.4. The molecule has 1 amide bonds.